The van der Waals surface area contributed by atoms with Crippen LogP contribution in [0.25, 0.3) is 0 Å². The number of nitrogens with zero attached hydrogens (tertiary/aromatic N) is 2. The van der Waals surface area contributed by atoms with E-state index in [0.29, 0.717) is 30.4 Å². The number of carbonyl (C=O) groups is 1. The molecular weight excluding hydrogens is 246 g/mol. The summed E-state index contributed by atoms with van der Waals surface area (Å²) < 4.78 is 0. The Labute approximate surface area is 115 Å². The number of rotatable bonds is 8. The summed E-state index contributed by atoms with van der Waals surface area (Å²) in [6.07, 6.45) is 3.86. The standard InChI is InChI=1S/C13H25N3OS/c1-10(11-4-5-11)15(2)9-7-13(17)16(3)8-6-12(14)18/h10-11H,4-9H2,1-3H3,(H2,14,18). The topological polar surface area (TPSA) is 49.6 Å². The van der Waals surface area contributed by atoms with Crippen molar-refractivity contribution in [2.75, 3.05) is 27.2 Å². The van der Waals surface area contributed by atoms with Crippen molar-refractivity contribution in [1.29, 1.82) is 0 Å². The van der Waals surface area contributed by atoms with Gasteiger partial charge in [-0.25, -0.2) is 0 Å². The molecule has 104 valence electrons. The van der Waals surface area contributed by atoms with E-state index in [-0.39, 0.29) is 5.91 Å². The van der Waals surface area contributed by atoms with E-state index in [1.807, 2.05) is 7.05 Å². The Bertz CT molecular complexity index is 305. The molecule has 1 atom stereocenters. The number of carbonyl (C=O) groups excluding carboxylic acids is 1. The first-order valence-corrected chi connectivity index (χ1v) is 7.05. The lowest BCUT2D eigenvalue weighted by atomic mass is 10.2. The van der Waals surface area contributed by atoms with Crippen LogP contribution in [0.2, 0.25) is 0 Å². The third-order valence-electron chi connectivity index (χ3n) is 3.80. The summed E-state index contributed by atoms with van der Waals surface area (Å²) in [5, 5.41) is 0. The van der Waals surface area contributed by atoms with Gasteiger partial charge < -0.3 is 15.5 Å². The molecule has 5 heteroatoms. The highest BCUT2D eigenvalue weighted by Crippen LogP contribution is 2.34. The van der Waals surface area contributed by atoms with Crippen LogP contribution in [-0.4, -0.2) is 53.9 Å². The van der Waals surface area contributed by atoms with Crippen LogP contribution in [0.4, 0.5) is 0 Å². The van der Waals surface area contributed by atoms with Crippen LogP contribution in [0.5, 0.6) is 0 Å². The molecule has 18 heavy (non-hydrogen) atoms. The maximum Gasteiger partial charge on any atom is 0.223 e. The van der Waals surface area contributed by atoms with E-state index >= 15 is 0 Å². The highest BCUT2D eigenvalue weighted by molar-refractivity contribution is 7.80. The number of hydrogen-bond acceptors (Lipinski definition) is 3. The average Bonchev–Trinajstić information content (AvgIpc) is 3.15. The summed E-state index contributed by atoms with van der Waals surface area (Å²) in [4.78, 5) is 16.4. The number of amides is 1. The van der Waals surface area contributed by atoms with E-state index in [4.69, 9.17) is 18.0 Å². The van der Waals surface area contributed by atoms with Crippen molar-refractivity contribution >= 4 is 23.1 Å². The molecule has 0 bridgehead atoms. The van der Waals surface area contributed by atoms with Crippen LogP contribution in [0.1, 0.15) is 32.6 Å². The number of hydrogen-bond donors (Lipinski definition) is 1. The number of thiocarbonyl (C=S) groups is 1. The van der Waals surface area contributed by atoms with Crippen LogP contribution in [0.3, 0.4) is 0 Å². The lowest BCUT2D eigenvalue weighted by molar-refractivity contribution is -0.130. The van der Waals surface area contributed by atoms with Gasteiger partial charge in [-0.05, 0) is 32.7 Å². The molecule has 1 fully saturated rings. The van der Waals surface area contributed by atoms with Gasteiger partial charge in [0.05, 0.1) is 4.99 Å². The lowest BCUT2D eigenvalue weighted by Gasteiger charge is -2.25. The molecule has 1 aliphatic rings. The van der Waals surface area contributed by atoms with E-state index in [2.05, 4.69) is 18.9 Å². The Morgan fingerprint density at radius 3 is 2.44 bits per heavy atom. The molecule has 1 rings (SSSR count). The zero-order chi connectivity index (χ0) is 13.7. The molecule has 0 radical (unpaired) electrons. The first kappa shape index (κ1) is 15.4. The molecule has 0 aromatic carbocycles. The van der Waals surface area contributed by atoms with Crippen LogP contribution in [0.15, 0.2) is 0 Å². The van der Waals surface area contributed by atoms with Gasteiger partial charge in [-0.2, -0.15) is 0 Å². The molecule has 0 heterocycles. The van der Waals surface area contributed by atoms with Crippen LogP contribution in [-0.2, 0) is 4.79 Å². The van der Waals surface area contributed by atoms with Gasteiger partial charge in [0, 0.05) is 39.0 Å². The highest BCUT2D eigenvalue weighted by Gasteiger charge is 2.30. The van der Waals surface area contributed by atoms with E-state index in [1.165, 1.54) is 12.8 Å². The summed E-state index contributed by atoms with van der Waals surface area (Å²) >= 11 is 4.81. The maximum atomic E-state index is 11.9. The quantitative estimate of drug-likeness (QED) is 0.675. The van der Waals surface area contributed by atoms with Crippen molar-refractivity contribution in [2.24, 2.45) is 11.7 Å². The van der Waals surface area contributed by atoms with Crippen LogP contribution in [0, 0.1) is 5.92 Å². The van der Waals surface area contributed by atoms with E-state index in [1.54, 1.807) is 4.90 Å². The summed E-state index contributed by atoms with van der Waals surface area (Å²) in [5.41, 5.74) is 5.43. The Balaban J connectivity index is 2.20. The fourth-order valence-electron chi connectivity index (χ4n) is 2.01. The molecule has 0 saturated heterocycles. The Morgan fingerprint density at radius 1 is 1.33 bits per heavy atom. The van der Waals surface area contributed by atoms with Crippen LogP contribution < -0.4 is 5.73 Å². The van der Waals surface area contributed by atoms with Crippen molar-refractivity contribution < 1.29 is 4.79 Å². The molecule has 0 aliphatic heterocycles. The smallest absolute Gasteiger partial charge is 0.223 e. The molecule has 1 unspecified atom stereocenters. The van der Waals surface area contributed by atoms with Crippen molar-refractivity contribution in [2.45, 2.75) is 38.6 Å². The lowest BCUT2D eigenvalue weighted by Crippen LogP contribution is -2.36. The Hall–Kier alpha value is -0.680. The molecule has 0 aromatic heterocycles. The fraction of sp³-hybridized carbons (Fsp3) is 0.846. The minimum atomic E-state index is 0.168. The monoisotopic (exact) mass is 271 g/mol. The average molecular weight is 271 g/mol. The Kier molecular flexibility index (Phi) is 6.02. The third-order valence-corrected chi connectivity index (χ3v) is 4.00. The van der Waals surface area contributed by atoms with Gasteiger partial charge in [0.2, 0.25) is 5.91 Å². The molecular formula is C13H25N3OS. The van der Waals surface area contributed by atoms with Gasteiger partial charge in [-0.3, -0.25) is 4.79 Å². The number of nitrogens with two attached hydrogens (primary N) is 1. The fourth-order valence-corrected chi connectivity index (χ4v) is 2.10. The predicted molar refractivity (Wildman–Crippen MR) is 78.5 cm³/mol. The second-order valence-electron chi connectivity index (χ2n) is 5.34. The third kappa shape index (κ3) is 5.31. The molecule has 1 aliphatic carbocycles. The van der Waals surface area contributed by atoms with Crippen molar-refractivity contribution in [3.63, 3.8) is 0 Å². The molecule has 0 aromatic rings. The molecule has 1 amide bonds. The highest BCUT2D eigenvalue weighted by atomic mass is 32.1. The minimum absolute atomic E-state index is 0.168. The summed E-state index contributed by atoms with van der Waals surface area (Å²) in [7, 11) is 3.91. The molecule has 1 saturated carbocycles. The Morgan fingerprint density at radius 2 is 1.94 bits per heavy atom. The minimum Gasteiger partial charge on any atom is -0.393 e. The van der Waals surface area contributed by atoms with Gasteiger partial charge in [-0.1, -0.05) is 12.2 Å². The van der Waals surface area contributed by atoms with Crippen molar-refractivity contribution in [3.8, 4) is 0 Å². The van der Waals surface area contributed by atoms with E-state index < -0.39 is 0 Å². The van der Waals surface area contributed by atoms with Gasteiger partial charge in [0.25, 0.3) is 0 Å². The summed E-state index contributed by atoms with van der Waals surface area (Å²) in [6, 6.07) is 0.597. The predicted octanol–water partition coefficient (Wildman–Crippen LogP) is 1.24. The summed E-state index contributed by atoms with van der Waals surface area (Å²) in [6.45, 7) is 3.70. The van der Waals surface area contributed by atoms with Crippen molar-refractivity contribution in [1.82, 2.24) is 9.80 Å². The zero-order valence-corrected chi connectivity index (χ0v) is 12.5. The SMILES string of the molecule is CC(C1CC1)N(C)CCC(=O)N(C)CCC(N)=S. The first-order chi connectivity index (χ1) is 8.41. The zero-order valence-electron chi connectivity index (χ0n) is 11.7. The van der Waals surface area contributed by atoms with Gasteiger partial charge in [-0.15, -0.1) is 0 Å². The second-order valence-corrected chi connectivity index (χ2v) is 5.86. The van der Waals surface area contributed by atoms with Gasteiger partial charge in [0.1, 0.15) is 0 Å². The molecule has 2 N–H and O–H groups in total. The van der Waals surface area contributed by atoms with Gasteiger partial charge in [0.15, 0.2) is 0 Å². The van der Waals surface area contributed by atoms with E-state index in [9.17, 15) is 4.79 Å². The largest absolute Gasteiger partial charge is 0.393 e. The molecule has 0 spiro atoms. The molecule has 4 nitrogen and oxygen atoms in total. The second kappa shape index (κ2) is 7.04. The van der Waals surface area contributed by atoms with Crippen molar-refractivity contribution in [3.05, 3.63) is 0 Å². The van der Waals surface area contributed by atoms with Crippen LogP contribution >= 0.6 is 12.2 Å². The maximum absolute atomic E-state index is 11.9. The first-order valence-electron chi connectivity index (χ1n) is 6.64. The normalized spacial score (nSPS) is 16.7. The van der Waals surface area contributed by atoms with Gasteiger partial charge >= 0.3 is 0 Å². The van der Waals surface area contributed by atoms with E-state index in [0.717, 1.165) is 12.5 Å². The summed E-state index contributed by atoms with van der Waals surface area (Å²) in [5.74, 6) is 1.01.